The summed E-state index contributed by atoms with van der Waals surface area (Å²) >= 11 is 0. The van der Waals surface area contributed by atoms with E-state index in [4.69, 9.17) is 9.47 Å². The Balaban J connectivity index is 2.01. The van der Waals surface area contributed by atoms with Crippen LogP contribution in [0, 0.1) is 0 Å². The maximum Gasteiger partial charge on any atom is 0.119 e. The van der Waals surface area contributed by atoms with E-state index in [-0.39, 0.29) is 5.60 Å². The van der Waals surface area contributed by atoms with Crippen molar-refractivity contribution >= 4 is 0 Å². The molecule has 1 N–H and O–H groups in total. The molecule has 1 aromatic rings. The molecule has 0 aliphatic heterocycles. The largest absolute Gasteiger partial charge is 0.494 e. The van der Waals surface area contributed by atoms with Crippen LogP contribution in [0.4, 0.5) is 0 Å². The first-order valence-electron chi connectivity index (χ1n) is 8.11. The Bertz CT molecular complexity index is 430. The maximum absolute atomic E-state index is 10.9. The van der Waals surface area contributed by atoms with Gasteiger partial charge in [-0.15, -0.1) is 0 Å². The second-order valence-electron chi connectivity index (χ2n) is 6.29. The topological polar surface area (TPSA) is 38.7 Å². The first kappa shape index (κ1) is 16.3. The Morgan fingerprint density at radius 2 is 1.67 bits per heavy atom. The van der Waals surface area contributed by atoms with Gasteiger partial charge in [0.15, 0.2) is 0 Å². The second kappa shape index (κ2) is 6.80. The summed E-state index contributed by atoms with van der Waals surface area (Å²) in [5, 5.41) is 10.9. The molecule has 118 valence electrons. The highest BCUT2D eigenvalue weighted by molar-refractivity contribution is 5.31. The lowest BCUT2D eigenvalue weighted by Crippen LogP contribution is -2.41. The van der Waals surface area contributed by atoms with Crippen LogP contribution in [0.5, 0.6) is 5.75 Å². The number of hydrogen-bond donors (Lipinski definition) is 1. The fraction of sp³-hybridized carbons (Fsp3) is 0.667. The molecule has 21 heavy (non-hydrogen) atoms. The fourth-order valence-corrected chi connectivity index (χ4v) is 3.00. The highest BCUT2D eigenvalue weighted by atomic mass is 16.5. The van der Waals surface area contributed by atoms with Gasteiger partial charge in [-0.05, 0) is 63.6 Å². The van der Waals surface area contributed by atoms with E-state index in [9.17, 15) is 5.11 Å². The SMILES string of the molecule is CCCOC1(C)CCC(O)(c2ccc(OCC)cc2)CC1. The summed E-state index contributed by atoms with van der Waals surface area (Å²) in [7, 11) is 0. The zero-order chi connectivity index (χ0) is 15.3. The summed E-state index contributed by atoms with van der Waals surface area (Å²) in [5.41, 5.74) is 0.191. The molecule has 0 heterocycles. The molecule has 1 fully saturated rings. The van der Waals surface area contributed by atoms with Gasteiger partial charge in [0, 0.05) is 6.61 Å². The standard InChI is InChI=1S/C18H28O3/c1-4-14-21-17(3)10-12-18(19,13-11-17)15-6-8-16(9-7-15)20-5-2/h6-9,19H,4-5,10-14H2,1-3H3. The van der Waals surface area contributed by atoms with Crippen molar-refractivity contribution in [2.75, 3.05) is 13.2 Å². The molecule has 0 unspecified atom stereocenters. The molecule has 0 radical (unpaired) electrons. The predicted molar refractivity (Wildman–Crippen MR) is 84.6 cm³/mol. The van der Waals surface area contributed by atoms with Gasteiger partial charge in [-0.1, -0.05) is 19.1 Å². The minimum absolute atomic E-state index is 0.0759. The van der Waals surface area contributed by atoms with Crippen LogP contribution in [-0.2, 0) is 10.3 Å². The molecule has 0 atom stereocenters. The summed E-state index contributed by atoms with van der Waals surface area (Å²) < 4.78 is 11.4. The van der Waals surface area contributed by atoms with Crippen molar-refractivity contribution in [1.29, 1.82) is 0 Å². The summed E-state index contributed by atoms with van der Waals surface area (Å²) in [6.07, 6.45) is 4.34. The molecule has 3 nitrogen and oxygen atoms in total. The van der Waals surface area contributed by atoms with Gasteiger partial charge in [-0.3, -0.25) is 0 Å². The third kappa shape index (κ3) is 3.98. The molecular formula is C18H28O3. The Kier molecular flexibility index (Phi) is 5.28. The van der Waals surface area contributed by atoms with E-state index >= 15 is 0 Å². The van der Waals surface area contributed by atoms with Gasteiger partial charge in [0.05, 0.1) is 17.8 Å². The molecule has 0 bridgehead atoms. The Morgan fingerprint density at radius 1 is 1.05 bits per heavy atom. The van der Waals surface area contributed by atoms with Gasteiger partial charge in [-0.2, -0.15) is 0 Å². The lowest BCUT2D eigenvalue weighted by atomic mass is 9.73. The van der Waals surface area contributed by atoms with Gasteiger partial charge >= 0.3 is 0 Å². The minimum Gasteiger partial charge on any atom is -0.494 e. The molecule has 0 saturated heterocycles. The van der Waals surface area contributed by atoms with Gasteiger partial charge < -0.3 is 14.6 Å². The first-order valence-corrected chi connectivity index (χ1v) is 8.11. The Hall–Kier alpha value is -1.06. The van der Waals surface area contributed by atoms with Crippen molar-refractivity contribution in [2.24, 2.45) is 0 Å². The van der Waals surface area contributed by atoms with Gasteiger partial charge in [-0.25, -0.2) is 0 Å². The molecule has 0 amide bonds. The lowest BCUT2D eigenvalue weighted by molar-refractivity contribution is -0.110. The van der Waals surface area contributed by atoms with E-state index in [1.165, 1.54) is 0 Å². The second-order valence-corrected chi connectivity index (χ2v) is 6.29. The molecule has 1 aliphatic carbocycles. The predicted octanol–water partition coefficient (Wildman–Crippen LogP) is 4.03. The number of rotatable bonds is 6. The van der Waals surface area contributed by atoms with E-state index in [1.54, 1.807) is 0 Å². The molecular weight excluding hydrogens is 264 g/mol. The van der Waals surface area contributed by atoms with E-state index in [0.29, 0.717) is 6.61 Å². The zero-order valence-electron chi connectivity index (χ0n) is 13.5. The van der Waals surface area contributed by atoms with Crippen molar-refractivity contribution < 1.29 is 14.6 Å². The summed E-state index contributed by atoms with van der Waals surface area (Å²) in [6.45, 7) is 7.73. The Morgan fingerprint density at radius 3 is 2.19 bits per heavy atom. The van der Waals surface area contributed by atoms with Crippen molar-refractivity contribution in [3.8, 4) is 5.75 Å². The van der Waals surface area contributed by atoms with Gasteiger partial charge in [0.25, 0.3) is 0 Å². The average Bonchev–Trinajstić information content (AvgIpc) is 2.50. The molecule has 3 heteroatoms. The summed E-state index contributed by atoms with van der Waals surface area (Å²) in [5.74, 6) is 0.858. The van der Waals surface area contributed by atoms with Crippen LogP contribution in [0.1, 0.15) is 58.4 Å². The van der Waals surface area contributed by atoms with Crippen LogP contribution in [0.25, 0.3) is 0 Å². The quantitative estimate of drug-likeness (QED) is 0.860. The molecule has 1 aromatic carbocycles. The van der Waals surface area contributed by atoms with Crippen LogP contribution in [0.15, 0.2) is 24.3 Å². The third-order valence-corrected chi connectivity index (χ3v) is 4.49. The minimum atomic E-state index is -0.722. The van der Waals surface area contributed by atoms with Gasteiger partial charge in [0.2, 0.25) is 0 Å². The molecule has 1 saturated carbocycles. The van der Waals surface area contributed by atoms with Crippen molar-refractivity contribution in [2.45, 2.75) is 64.1 Å². The molecule has 2 rings (SSSR count). The Labute approximate surface area is 128 Å². The van der Waals surface area contributed by atoms with E-state index in [1.807, 2.05) is 31.2 Å². The summed E-state index contributed by atoms with van der Waals surface area (Å²) in [4.78, 5) is 0. The van der Waals surface area contributed by atoms with Crippen LogP contribution in [0.3, 0.4) is 0 Å². The van der Waals surface area contributed by atoms with E-state index in [2.05, 4.69) is 13.8 Å². The van der Waals surface area contributed by atoms with Crippen molar-refractivity contribution in [1.82, 2.24) is 0 Å². The van der Waals surface area contributed by atoms with Crippen molar-refractivity contribution in [3.63, 3.8) is 0 Å². The maximum atomic E-state index is 10.9. The van der Waals surface area contributed by atoms with Crippen molar-refractivity contribution in [3.05, 3.63) is 29.8 Å². The van der Waals surface area contributed by atoms with Gasteiger partial charge in [0.1, 0.15) is 5.75 Å². The lowest BCUT2D eigenvalue weighted by Gasteiger charge is -2.42. The zero-order valence-corrected chi connectivity index (χ0v) is 13.5. The van der Waals surface area contributed by atoms with E-state index in [0.717, 1.165) is 50.0 Å². The fourth-order valence-electron chi connectivity index (χ4n) is 3.00. The highest BCUT2D eigenvalue weighted by Gasteiger charge is 2.40. The molecule has 0 spiro atoms. The average molecular weight is 292 g/mol. The first-order chi connectivity index (χ1) is 10.0. The van der Waals surface area contributed by atoms with Crippen LogP contribution in [0.2, 0.25) is 0 Å². The van der Waals surface area contributed by atoms with Crippen LogP contribution >= 0.6 is 0 Å². The molecule has 1 aliphatic rings. The summed E-state index contributed by atoms with van der Waals surface area (Å²) in [6, 6.07) is 7.86. The monoisotopic (exact) mass is 292 g/mol. The van der Waals surface area contributed by atoms with Crippen LogP contribution in [-0.4, -0.2) is 23.9 Å². The van der Waals surface area contributed by atoms with E-state index < -0.39 is 5.60 Å². The number of aliphatic hydroxyl groups is 1. The normalized spacial score (nSPS) is 29.3. The number of hydrogen-bond acceptors (Lipinski definition) is 3. The number of ether oxygens (including phenoxy) is 2. The van der Waals surface area contributed by atoms with Crippen LogP contribution < -0.4 is 4.74 Å². The smallest absolute Gasteiger partial charge is 0.119 e. The highest BCUT2D eigenvalue weighted by Crippen LogP contribution is 2.43. The number of benzene rings is 1. The molecule has 0 aromatic heterocycles. The third-order valence-electron chi connectivity index (χ3n) is 4.49.